The summed E-state index contributed by atoms with van der Waals surface area (Å²) < 4.78 is 11.2. The van der Waals surface area contributed by atoms with Crippen LogP contribution in [0.15, 0.2) is 48.5 Å². The van der Waals surface area contributed by atoms with E-state index in [1.165, 1.54) is 11.1 Å². The minimum Gasteiger partial charge on any atom is -0.481 e. The number of carbonyl (C=O) groups excluding carboxylic acids is 1. The molecule has 1 aliphatic heterocycles. The van der Waals surface area contributed by atoms with E-state index in [1.54, 1.807) is 0 Å². The molecule has 1 N–H and O–H groups in total. The molecule has 0 radical (unpaired) electrons. The zero-order chi connectivity index (χ0) is 19.8. The molecule has 5 heteroatoms. The Kier molecular flexibility index (Phi) is 7.46. The summed E-state index contributed by atoms with van der Waals surface area (Å²) >= 11 is 0. The van der Waals surface area contributed by atoms with Crippen LogP contribution in [0, 0.1) is 6.92 Å². The third kappa shape index (κ3) is 6.08. The lowest BCUT2D eigenvalue weighted by Crippen LogP contribution is -2.37. The predicted molar refractivity (Wildman–Crippen MR) is 110 cm³/mol. The minimum atomic E-state index is -0.483. The van der Waals surface area contributed by atoms with Gasteiger partial charge in [0.05, 0.1) is 13.2 Å². The van der Waals surface area contributed by atoms with Crippen LogP contribution in [0.2, 0.25) is 0 Å². The van der Waals surface area contributed by atoms with Gasteiger partial charge < -0.3 is 14.8 Å². The zero-order valence-corrected chi connectivity index (χ0v) is 16.8. The molecule has 150 valence electrons. The Labute approximate surface area is 167 Å². The molecule has 0 bridgehead atoms. The molecule has 0 unspecified atom stereocenters. The van der Waals surface area contributed by atoms with E-state index in [9.17, 15) is 4.79 Å². The van der Waals surface area contributed by atoms with Crippen molar-refractivity contribution in [2.45, 2.75) is 39.5 Å². The number of ether oxygens (including phenoxy) is 2. The van der Waals surface area contributed by atoms with Crippen molar-refractivity contribution in [3.8, 4) is 5.75 Å². The van der Waals surface area contributed by atoms with Crippen LogP contribution >= 0.6 is 0 Å². The van der Waals surface area contributed by atoms with Crippen molar-refractivity contribution >= 4 is 5.91 Å². The quantitative estimate of drug-likeness (QED) is 0.761. The highest BCUT2D eigenvalue weighted by Crippen LogP contribution is 2.15. The standard InChI is InChI=1S/C23H30N2O3/c1-3-22(28-21-10-4-18(2)5-11-21)23(26)24-16-19-6-8-20(9-7-19)17-25-12-14-27-15-13-25/h4-11,22H,3,12-17H2,1-2H3,(H,24,26)/t22-/m1/s1. The summed E-state index contributed by atoms with van der Waals surface area (Å²) in [5, 5.41) is 2.99. The number of nitrogens with zero attached hydrogens (tertiary/aromatic N) is 1. The molecule has 28 heavy (non-hydrogen) atoms. The molecule has 5 nitrogen and oxygen atoms in total. The molecule has 2 aromatic rings. The van der Waals surface area contributed by atoms with Crippen LogP contribution in [0.3, 0.4) is 0 Å². The second-order valence-electron chi connectivity index (χ2n) is 7.25. The van der Waals surface area contributed by atoms with Crippen LogP contribution in [0.5, 0.6) is 5.75 Å². The van der Waals surface area contributed by atoms with Crippen LogP contribution in [0.1, 0.15) is 30.0 Å². The molecule has 1 aliphatic rings. The lowest BCUT2D eigenvalue weighted by atomic mass is 10.1. The van der Waals surface area contributed by atoms with Crippen molar-refractivity contribution < 1.29 is 14.3 Å². The number of hydrogen-bond donors (Lipinski definition) is 1. The maximum Gasteiger partial charge on any atom is 0.261 e. The third-order valence-electron chi connectivity index (χ3n) is 4.96. The fraction of sp³-hybridized carbons (Fsp3) is 0.435. The van der Waals surface area contributed by atoms with Crippen LogP contribution < -0.4 is 10.1 Å². The summed E-state index contributed by atoms with van der Waals surface area (Å²) in [4.78, 5) is 14.9. The van der Waals surface area contributed by atoms with Gasteiger partial charge in [0.25, 0.3) is 5.91 Å². The molecule has 2 aromatic carbocycles. The first-order valence-corrected chi connectivity index (χ1v) is 10.0. The van der Waals surface area contributed by atoms with E-state index in [-0.39, 0.29) is 5.91 Å². The first-order chi connectivity index (χ1) is 13.6. The third-order valence-corrected chi connectivity index (χ3v) is 4.96. The van der Waals surface area contributed by atoms with E-state index in [2.05, 4.69) is 34.5 Å². The van der Waals surface area contributed by atoms with Gasteiger partial charge in [0.1, 0.15) is 5.75 Å². The number of carbonyl (C=O) groups is 1. The summed E-state index contributed by atoms with van der Waals surface area (Å²) in [6.45, 7) is 9.02. The summed E-state index contributed by atoms with van der Waals surface area (Å²) in [6, 6.07) is 16.2. The molecule has 1 amide bonds. The molecule has 1 atom stereocenters. The van der Waals surface area contributed by atoms with Gasteiger partial charge in [-0.1, -0.05) is 48.9 Å². The van der Waals surface area contributed by atoms with E-state index in [4.69, 9.17) is 9.47 Å². The normalized spacial score (nSPS) is 15.8. The Balaban J connectivity index is 1.47. The van der Waals surface area contributed by atoms with E-state index in [1.807, 2.05) is 38.1 Å². The second-order valence-corrected chi connectivity index (χ2v) is 7.25. The van der Waals surface area contributed by atoms with Gasteiger partial charge in [-0.3, -0.25) is 9.69 Å². The van der Waals surface area contributed by atoms with Crippen LogP contribution in [-0.4, -0.2) is 43.2 Å². The minimum absolute atomic E-state index is 0.0829. The van der Waals surface area contributed by atoms with E-state index < -0.39 is 6.10 Å². The topological polar surface area (TPSA) is 50.8 Å². The number of amides is 1. The van der Waals surface area contributed by atoms with Gasteiger partial charge in [-0.05, 0) is 36.6 Å². The van der Waals surface area contributed by atoms with Gasteiger partial charge in [0, 0.05) is 26.2 Å². The predicted octanol–water partition coefficient (Wildman–Crippen LogP) is 3.30. The summed E-state index contributed by atoms with van der Waals surface area (Å²) in [7, 11) is 0. The Morgan fingerprint density at radius 2 is 1.71 bits per heavy atom. The highest BCUT2D eigenvalue weighted by Gasteiger charge is 2.18. The van der Waals surface area contributed by atoms with Crippen LogP contribution in [-0.2, 0) is 22.6 Å². The highest BCUT2D eigenvalue weighted by molar-refractivity contribution is 5.81. The molecule has 0 spiro atoms. The fourth-order valence-corrected chi connectivity index (χ4v) is 3.19. The number of aryl methyl sites for hydroxylation is 1. The van der Waals surface area contributed by atoms with E-state index >= 15 is 0 Å². The number of morpholine rings is 1. The number of hydrogen-bond acceptors (Lipinski definition) is 4. The maximum absolute atomic E-state index is 12.5. The molecule has 1 saturated heterocycles. The van der Waals surface area contributed by atoms with Crippen molar-refractivity contribution in [1.29, 1.82) is 0 Å². The van der Waals surface area contributed by atoms with Gasteiger partial charge in [0.15, 0.2) is 6.10 Å². The Bertz CT molecular complexity index is 737. The van der Waals surface area contributed by atoms with Crippen molar-refractivity contribution in [3.05, 3.63) is 65.2 Å². The summed E-state index contributed by atoms with van der Waals surface area (Å²) in [5.41, 5.74) is 3.54. The largest absolute Gasteiger partial charge is 0.481 e. The maximum atomic E-state index is 12.5. The van der Waals surface area contributed by atoms with E-state index in [0.717, 1.165) is 44.2 Å². The lowest BCUT2D eigenvalue weighted by Gasteiger charge is -2.26. The molecule has 0 saturated carbocycles. The average Bonchev–Trinajstić information content (AvgIpc) is 2.73. The van der Waals surface area contributed by atoms with Gasteiger partial charge >= 0.3 is 0 Å². The Morgan fingerprint density at radius 1 is 1.07 bits per heavy atom. The van der Waals surface area contributed by atoms with Gasteiger partial charge in [-0.2, -0.15) is 0 Å². The smallest absolute Gasteiger partial charge is 0.261 e. The monoisotopic (exact) mass is 382 g/mol. The average molecular weight is 383 g/mol. The molecule has 0 aromatic heterocycles. The molecule has 1 heterocycles. The second kappa shape index (κ2) is 10.2. The number of benzene rings is 2. The lowest BCUT2D eigenvalue weighted by molar-refractivity contribution is -0.128. The van der Waals surface area contributed by atoms with Crippen LogP contribution in [0.25, 0.3) is 0 Å². The van der Waals surface area contributed by atoms with Crippen molar-refractivity contribution in [3.63, 3.8) is 0 Å². The van der Waals surface area contributed by atoms with Gasteiger partial charge in [-0.15, -0.1) is 0 Å². The van der Waals surface area contributed by atoms with E-state index in [0.29, 0.717) is 13.0 Å². The number of rotatable bonds is 8. The Morgan fingerprint density at radius 3 is 2.36 bits per heavy atom. The van der Waals surface area contributed by atoms with Crippen molar-refractivity contribution in [2.75, 3.05) is 26.3 Å². The molecule has 1 fully saturated rings. The first kappa shape index (κ1) is 20.4. The molecule has 0 aliphatic carbocycles. The van der Waals surface area contributed by atoms with Crippen LogP contribution in [0.4, 0.5) is 0 Å². The Hall–Kier alpha value is -2.37. The summed E-state index contributed by atoms with van der Waals surface area (Å²) in [6.07, 6.45) is 0.140. The van der Waals surface area contributed by atoms with Crippen molar-refractivity contribution in [2.24, 2.45) is 0 Å². The fourth-order valence-electron chi connectivity index (χ4n) is 3.19. The summed E-state index contributed by atoms with van der Waals surface area (Å²) in [5.74, 6) is 0.639. The first-order valence-electron chi connectivity index (χ1n) is 10.0. The van der Waals surface area contributed by atoms with Gasteiger partial charge in [0.2, 0.25) is 0 Å². The number of nitrogens with one attached hydrogen (secondary N) is 1. The molecular formula is C23H30N2O3. The molecular weight excluding hydrogens is 352 g/mol. The van der Waals surface area contributed by atoms with Gasteiger partial charge in [-0.25, -0.2) is 0 Å². The zero-order valence-electron chi connectivity index (χ0n) is 16.8. The SMILES string of the molecule is CC[C@@H](Oc1ccc(C)cc1)C(=O)NCc1ccc(CN2CCOCC2)cc1. The molecule has 3 rings (SSSR count). The van der Waals surface area contributed by atoms with Crippen molar-refractivity contribution in [1.82, 2.24) is 10.2 Å². The highest BCUT2D eigenvalue weighted by atomic mass is 16.5.